The van der Waals surface area contributed by atoms with E-state index in [-0.39, 0.29) is 24.9 Å². The number of aliphatic hydroxyl groups is 1. The third-order valence-electron chi connectivity index (χ3n) is 2.24. The largest absolute Gasteiger partial charge is 0.504 e. The van der Waals surface area contributed by atoms with Crippen molar-refractivity contribution in [1.82, 2.24) is 5.32 Å². The number of amides is 1. The zero-order valence-electron chi connectivity index (χ0n) is 10.7. The molecule has 0 atom stereocenters. The van der Waals surface area contributed by atoms with Crippen LogP contribution in [0.25, 0.3) is 0 Å². The van der Waals surface area contributed by atoms with Crippen molar-refractivity contribution in [2.24, 2.45) is 0 Å². The molecule has 106 valence electrons. The summed E-state index contributed by atoms with van der Waals surface area (Å²) in [7, 11) is 0. The highest BCUT2D eigenvalue weighted by Gasteiger charge is 2.04. The van der Waals surface area contributed by atoms with E-state index in [1.54, 1.807) is 30.0 Å². The van der Waals surface area contributed by atoms with Gasteiger partial charge in [0, 0.05) is 18.9 Å². The number of nitrogens with one attached hydrogen (secondary N) is 1. The number of benzene rings is 1. The average Bonchev–Trinajstić information content (AvgIpc) is 2.42. The van der Waals surface area contributed by atoms with Gasteiger partial charge < -0.3 is 20.3 Å². The molecule has 0 aliphatic rings. The molecule has 0 aromatic heterocycles. The number of para-hydroxylation sites is 2. The predicted molar refractivity (Wildman–Crippen MR) is 75.6 cm³/mol. The summed E-state index contributed by atoms with van der Waals surface area (Å²) in [6.45, 7) is 0.658. The van der Waals surface area contributed by atoms with Crippen LogP contribution in [0, 0.1) is 0 Å². The van der Waals surface area contributed by atoms with Crippen LogP contribution in [0.15, 0.2) is 24.3 Å². The SMILES string of the molecule is O=C(COc1ccccc1O)NCCSCCCO. The van der Waals surface area contributed by atoms with Gasteiger partial charge in [0.1, 0.15) is 0 Å². The summed E-state index contributed by atoms with van der Waals surface area (Å²) >= 11 is 1.68. The number of phenols is 1. The Morgan fingerprint density at radius 2 is 2.11 bits per heavy atom. The molecule has 3 N–H and O–H groups in total. The molecule has 0 heterocycles. The van der Waals surface area contributed by atoms with Gasteiger partial charge in [0.15, 0.2) is 18.1 Å². The number of hydrogen-bond acceptors (Lipinski definition) is 5. The summed E-state index contributed by atoms with van der Waals surface area (Å²) in [6.07, 6.45) is 0.773. The van der Waals surface area contributed by atoms with Crippen molar-refractivity contribution in [1.29, 1.82) is 0 Å². The Bertz CT molecular complexity index is 387. The predicted octanol–water partition coefficient (Wildman–Crippen LogP) is 1.00. The zero-order valence-corrected chi connectivity index (χ0v) is 11.5. The van der Waals surface area contributed by atoms with Crippen LogP contribution in [-0.2, 0) is 4.79 Å². The molecule has 0 spiro atoms. The highest BCUT2D eigenvalue weighted by Crippen LogP contribution is 2.23. The van der Waals surface area contributed by atoms with Gasteiger partial charge in [0.25, 0.3) is 5.91 Å². The summed E-state index contributed by atoms with van der Waals surface area (Å²) < 4.78 is 5.19. The normalized spacial score (nSPS) is 10.2. The number of thioether (sulfide) groups is 1. The molecule has 1 aromatic carbocycles. The van der Waals surface area contributed by atoms with Crippen molar-refractivity contribution >= 4 is 17.7 Å². The number of carbonyl (C=O) groups is 1. The van der Waals surface area contributed by atoms with Crippen molar-refractivity contribution in [3.8, 4) is 11.5 Å². The van der Waals surface area contributed by atoms with Gasteiger partial charge in [-0.15, -0.1) is 0 Å². The Kier molecular flexibility index (Phi) is 7.84. The number of aromatic hydroxyl groups is 1. The van der Waals surface area contributed by atoms with Gasteiger partial charge in [-0.3, -0.25) is 4.79 Å². The quantitative estimate of drug-likeness (QED) is 0.590. The van der Waals surface area contributed by atoms with Crippen LogP contribution in [0.2, 0.25) is 0 Å². The topological polar surface area (TPSA) is 78.8 Å². The number of carbonyl (C=O) groups excluding carboxylic acids is 1. The Balaban J connectivity index is 2.10. The third-order valence-corrected chi connectivity index (χ3v) is 3.31. The van der Waals surface area contributed by atoms with E-state index in [4.69, 9.17) is 9.84 Å². The first-order valence-corrected chi connectivity index (χ1v) is 7.25. The highest BCUT2D eigenvalue weighted by molar-refractivity contribution is 7.99. The van der Waals surface area contributed by atoms with Crippen LogP contribution in [0.5, 0.6) is 11.5 Å². The maximum absolute atomic E-state index is 11.4. The van der Waals surface area contributed by atoms with Gasteiger partial charge in [-0.1, -0.05) is 12.1 Å². The van der Waals surface area contributed by atoms with E-state index < -0.39 is 0 Å². The average molecular weight is 285 g/mol. The molecule has 0 radical (unpaired) electrons. The second-order valence-corrected chi connectivity index (χ2v) is 5.02. The lowest BCUT2D eigenvalue weighted by atomic mass is 10.3. The summed E-state index contributed by atoms with van der Waals surface area (Å²) in [5, 5.41) is 20.8. The fourth-order valence-corrected chi connectivity index (χ4v) is 2.09. The molecule has 0 saturated heterocycles. The molecule has 0 aliphatic heterocycles. The van der Waals surface area contributed by atoms with Crippen molar-refractivity contribution in [2.75, 3.05) is 31.3 Å². The molecule has 0 saturated carbocycles. The van der Waals surface area contributed by atoms with Crippen LogP contribution < -0.4 is 10.1 Å². The summed E-state index contributed by atoms with van der Waals surface area (Å²) in [5.74, 6) is 1.80. The first-order valence-electron chi connectivity index (χ1n) is 6.10. The smallest absolute Gasteiger partial charge is 0.257 e. The fourth-order valence-electron chi connectivity index (χ4n) is 1.30. The Morgan fingerprint density at radius 1 is 1.32 bits per heavy atom. The Labute approximate surface area is 117 Å². The number of hydrogen-bond donors (Lipinski definition) is 3. The zero-order chi connectivity index (χ0) is 13.9. The number of ether oxygens (including phenoxy) is 1. The van der Waals surface area contributed by atoms with Gasteiger partial charge in [0.05, 0.1) is 0 Å². The molecule has 0 fully saturated rings. The second-order valence-electron chi connectivity index (χ2n) is 3.80. The first-order chi connectivity index (χ1) is 9.24. The van der Waals surface area contributed by atoms with E-state index >= 15 is 0 Å². The number of rotatable bonds is 9. The van der Waals surface area contributed by atoms with Gasteiger partial charge in [-0.25, -0.2) is 0 Å². The fraction of sp³-hybridized carbons (Fsp3) is 0.462. The maximum atomic E-state index is 11.4. The van der Waals surface area contributed by atoms with E-state index in [0.29, 0.717) is 12.3 Å². The standard InChI is InChI=1S/C13H19NO4S/c15-7-3-8-19-9-6-14-13(17)10-18-12-5-2-1-4-11(12)16/h1-2,4-5,15-16H,3,6-10H2,(H,14,17). The molecule has 5 nitrogen and oxygen atoms in total. The van der Waals surface area contributed by atoms with Gasteiger partial charge >= 0.3 is 0 Å². The number of phenolic OH excluding ortho intramolecular Hbond substituents is 1. The van der Waals surface area contributed by atoms with E-state index in [9.17, 15) is 9.90 Å². The lowest BCUT2D eigenvalue weighted by Gasteiger charge is -2.08. The molecule has 1 aromatic rings. The van der Waals surface area contributed by atoms with Crippen LogP contribution in [0.3, 0.4) is 0 Å². The van der Waals surface area contributed by atoms with E-state index in [1.165, 1.54) is 6.07 Å². The van der Waals surface area contributed by atoms with Crippen LogP contribution in [0.1, 0.15) is 6.42 Å². The molecule has 1 amide bonds. The van der Waals surface area contributed by atoms with Gasteiger partial charge in [-0.2, -0.15) is 11.8 Å². The van der Waals surface area contributed by atoms with E-state index in [2.05, 4.69) is 5.32 Å². The second kappa shape index (κ2) is 9.52. The summed E-state index contributed by atoms with van der Waals surface area (Å²) in [4.78, 5) is 11.4. The lowest BCUT2D eigenvalue weighted by molar-refractivity contribution is -0.122. The first kappa shape index (κ1) is 15.7. The lowest BCUT2D eigenvalue weighted by Crippen LogP contribution is -2.30. The Morgan fingerprint density at radius 3 is 2.84 bits per heavy atom. The van der Waals surface area contributed by atoms with Crippen molar-refractivity contribution in [2.45, 2.75) is 6.42 Å². The monoisotopic (exact) mass is 285 g/mol. The summed E-state index contributed by atoms with van der Waals surface area (Å²) in [6, 6.07) is 6.52. The molecule has 6 heteroatoms. The molecular weight excluding hydrogens is 266 g/mol. The van der Waals surface area contributed by atoms with Crippen molar-refractivity contribution in [3.05, 3.63) is 24.3 Å². The van der Waals surface area contributed by atoms with Crippen molar-refractivity contribution < 1.29 is 19.7 Å². The highest BCUT2D eigenvalue weighted by atomic mass is 32.2. The van der Waals surface area contributed by atoms with Crippen LogP contribution >= 0.6 is 11.8 Å². The molecule has 0 unspecified atom stereocenters. The molecule has 1 rings (SSSR count). The minimum absolute atomic E-state index is 0.0230. The van der Waals surface area contributed by atoms with Gasteiger partial charge in [0.2, 0.25) is 0 Å². The maximum Gasteiger partial charge on any atom is 0.257 e. The Hall–Kier alpha value is -1.40. The molecular formula is C13H19NO4S. The van der Waals surface area contributed by atoms with Crippen molar-refractivity contribution in [3.63, 3.8) is 0 Å². The molecule has 0 aliphatic carbocycles. The molecule has 0 bridgehead atoms. The van der Waals surface area contributed by atoms with Gasteiger partial charge in [-0.05, 0) is 24.3 Å². The van der Waals surface area contributed by atoms with E-state index in [1.807, 2.05) is 0 Å². The summed E-state index contributed by atoms with van der Waals surface area (Å²) in [5.41, 5.74) is 0. The molecule has 19 heavy (non-hydrogen) atoms. The minimum atomic E-state index is -0.217. The third kappa shape index (κ3) is 6.93. The van der Waals surface area contributed by atoms with E-state index in [0.717, 1.165) is 17.9 Å². The minimum Gasteiger partial charge on any atom is -0.504 e. The number of aliphatic hydroxyl groups excluding tert-OH is 1. The van der Waals surface area contributed by atoms with Crippen LogP contribution in [-0.4, -0.2) is 47.4 Å². The van der Waals surface area contributed by atoms with Crippen LogP contribution in [0.4, 0.5) is 0 Å².